The molecule has 0 bridgehead atoms. The van der Waals surface area contributed by atoms with Gasteiger partial charge in [-0.05, 0) is 18.6 Å². The molecule has 1 aliphatic heterocycles. The summed E-state index contributed by atoms with van der Waals surface area (Å²) in [5.41, 5.74) is 6.13. The van der Waals surface area contributed by atoms with E-state index in [2.05, 4.69) is 4.98 Å². The number of piperidine rings is 1. The van der Waals surface area contributed by atoms with E-state index < -0.39 is 23.9 Å². The summed E-state index contributed by atoms with van der Waals surface area (Å²) in [7, 11) is 0. The van der Waals surface area contributed by atoms with Crippen LogP contribution in [0.15, 0.2) is 12.1 Å². The molecule has 2 atom stereocenters. The van der Waals surface area contributed by atoms with Crippen molar-refractivity contribution in [1.29, 1.82) is 0 Å². The smallest absolute Gasteiger partial charge is 0.271 e. The van der Waals surface area contributed by atoms with E-state index in [0.717, 1.165) is 0 Å². The average Bonchev–Trinajstić information content (AvgIpc) is 2.83. The van der Waals surface area contributed by atoms with Gasteiger partial charge in [-0.2, -0.15) is 0 Å². The lowest BCUT2D eigenvalue weighted by atomic mass is 10.0. The molecule has 2 heterocycles. The van der Waals surface area contributed by atoms with Crippen molar-refractivity contribution >= 4 is 40.0 Å². The first kappa shape index (κ1) is 15.5. The second-order valence-corrected chi connectivity index (χ2v) is 6.07. The number of amides is 1. The van der Waals surface area contributed by atoms with E-state index in [-0.39, 0.29) is 27.7 Å². The zero-order valence-corrected chi connectivity index (χ0v) is 12.9. The summed E-state index contributed by atoms with van der Waals surface area (Å²) in [6.07, 6.45) is -0.901. The van der Waals surface area contributed by atoms with Crippen molar-refractivity contribution in [3.05, 3.63) is 33.7 Å². The Morgan fingerprint density at radius 1 is 1.36 bits per heavy atom. The lowest BCUT2D eigenvalue weighted by molar-refractivity contribution is 0.0600. The van der Waals surface area contributed by atoms with Crippen molar-refractivity contribution in [3.8, 4) is 0 Å². The molecule has 1 aliphatic rings. The van der Waals surface area contributed by atoms with Crippen LogP contribution in [0, 0.1) is 5.82 Å². The minimum atomic E-state index is -1.28. The molecule has 0 spiro atoms. The molecule has 1 aromatic heterocycles. The molecule has 0 unspecified atom stereocenters. The number of aromatic nitrogens is 1. The SMILES string of the molecule is N[C@@H]1CCN(C(=O)c2[nH]c3ccc(F)c(Cl)c3c2Cl)C[C@@H]1F. The van der Waals surface area contributed by atoms with Gasteiger partial charge < -0.3 is 15.6 Å². The number of fused-ring (bicyclic) bond motifs is 1. The molecule has 118 valence electrons. The molecule has 3 N–H and O–H groups in total. The van der Waals surface area contributed by atoms with Crippen molar-refractivity contribution < 1.29 is 13.6 Å². The van der Waals surface area contributed by atoms with E-state index in [0.29, 0.717) is 18.5 Å². The van der Waals surface area contributed by atoms with E-state index in [1.165, 1.54) is 17.0 Å². The predicted octanol–water partition coefficient (Wildman–Crippen LogP) is 3.13. The third kappa shape index (κ3) is 2.45. The average molecular weight is 348 g/mol. The van der Waals surface area contributed by atoms with Gasteiger partial charge in [0.05, 0.1) is 16.6 Å². The fourth-order valence-electron chi connectivity index (χ4n) is 2.60. The summed E-state index contributed by atoms with van der Waals surface area (Å²) in [5.74, 6) is -1.07. The van der Waals surface area contributed by atoms with Crippen LogP contribution in [0.3, 0.4) is 0 Å². The van der Waals surface area contributed by atoms with Gasteiger partial charge in [0.1, 0.15) is 17.7 Å². The van der Waals surface area contributed by atoms with Crippen molar-refractivity contribution in [2.45, 2.75) is 18.6 Å². The number of carbonyl (C=O) groups excluding carboxylic acids is 1. The highest BCUT2D eigenvalue weighted by Crippen LogP contribution is 2.35. The van der Waals surface area contributed by atoms with E-state index in [1.54, 1.807) is 0 Å². The molecule has 1 saturated heterocycles. The summed E-state index contributed by atoms with van der Waals surface area (Å²) in [4.78, 5) is 16.7. The first-order valence-electron chi connectivity index (χ1n) is 6.74. The van der Waals surface area contributed by atoms with Gasteiger partial charge in [0.2, 0.25) is 0 Å². The van der Waals surface area contributed by atoms with Crippen LogP contribution < -0.4 is 5.73 Å². The molecule has 1 amide bonds. The molecule has 4 nitrogen and oxygen atoms in total. The number of hydrogen-bond donors (Lipinski definition) is 2. The normalized spacial score (nSPS) is 22.3. The van der Waals surface area contributed by atoms with Crippen molar-refractivity contribution in [2.75, 3.05) is 13.1 Å². The number of alkyl halides is 1. The van der Waals surface area contributed by atoms with Crippen LogP contribution in [0.5, 0.6) is 0 Å². The van der Waals surface area contributed by atoms with E-state index in [9.17, 15) is 13.6 Å². The number of nitrogens with zero attached hydrogens (tertiary/aromatic N) is 1. The molecule has 0 aliphatic carbocycles. The van der Waals surface area contributed by atoms with Gasteiger partial charge in [-0.3, -0.25) is 4.79 Å². The number of hydrogen-bond acceptors (Lipinski definition) is 2. The number of benzene rings is 1. The highest BCUT2D eigenvalue weighted by atomic mass is 35.5. The molecule has 3 rings (SSSR count). The number of rotatable bonds is 1. The molecule has 0 radical (unpaired) electrons. The van der Waals surface area contributed by atoms with Crippen LogP contribution in [0.1, 0.15) is 16.9 Å². The number of halogens is 4. The largest absolute Gasteiger partial charge is 0.349 e. The van der Waals surface area contributed by atoms with Crippen LogP contribution in [-0.2, 0) is 0 Å². The first-order chi connectivity index (χ1) is 10.4. The van der Waals surface area contributed by atoms with Crippen LogP contribution in [0.25, 0.3) is 10.9 Å². The van der Waals surface area contributed by atoms with Crippen molar-refractivity contribution in [3.63, 3.8) is 0 Å². The fraction of sp³-hybridized carbons (Fsp3) is 0.357. The first-order valence-corrected chi connectivity index (χ1v) is 7.50. The standard InChI is InChI=1S/C14H13Cl2F2N3O/c15-11-6(17)1-2-9-10(11)12(16)13(20-9)14(22)21-4-3-8(19)7(18)5-21/h1-2,7-8,20H,3-5,19H2/t7-,8+/m0/s1. The molecule has 1 fully saturated rings. The van der Waals surface area contributed by atoms with Gasteiger partial charge in [0.25, 0.3) is 5.91 Å². The van der Waals surface area contributed by atoms with E-state index in [1.807, 2.05) is 0 Å². The van der Waals surface area contributed by atoms with Crippen molar-refractivity contribution in [1.82, 2.24) is 9.88 Å². The Kier molecular flexibility index (Phi) is 4.01. The highest BCUT2D eigenvalue weighted by Gasteiger charge is 2.31. The van der Waals surface area contributed by atoms with Crippen molar-refractivity contribution in [2.24, 2.45) is 5.73 Å². The predicted molar refractivity (Wildman–Crippen MR) is 81.7 cm³/mol. The molecule has 22 heavy (non-hydrogen) atoms. The Hall–Kier alpha value is -1.37. The Labute approximate surface area is 135 Å². The van der Waals surface area contributed by atoms with Gasteiger partial charge in [-0.1, -0.05) is 23.2 Å². The monoisotopic (exact) mass is 347 g/mol. The molecule has 1 aromatic carbocycles. The molecule has 8 heteroatoms. The van der Waals surface area contributed by atoms with Gasteiger partial charge in [0, 0.05) is 23.5 Å². The molecule has 0 saturated carbocycles. The van der Waals surface area contributed by atoms with Crippen LogP contribution in [-0.4, -0.2) is 41.1 Å². The Morgan fingerprint density at radius 3 is 2.77 bits per heavy atom. The quantitative estimate of drug-likeness (QED) is 0.832. The Balaban J connectivity index is 1.98. The summed E-state index contributed by atoms with van der Waals surface area (Å²) in [6, 6.07) is 2.07. The van der Waals surface area contributed by atoms with E-state index >= 15 is 0 Å². The number of carbonyl (C=O) groups is 1. The van der Waals surface area contributed by atoms with Crippen LogP contribution in [0.4, 0.5) is 8.78 Å². The lowest BCUT2D eigenvalue weighted by Crippen LogP contribution is -2.50. The fourth-order valence-corrected chi connectivity index (χ4v) is 3.23. The van der Waals surface area contributed by atoms with Crippen LogP contribution in [0.2, 0.25) is 10.0 Å². The second kappa shape index (κ2) is 5.68. The molecular weight excluding hydrogens is 335 g/mol. The zero-order chi connectivity index (χ0) is 16.0. The highest BCUT2D eigenvalue weighted by molar-refractivity contribution is 6.44. The van der Waals surface area contributed by atoms with Crippen LogP contribution >= 0.6 is 23.2 Å². The maximum Gasteiger partial charge on any atom is 0.271 e. The lowest BCUT2D eigenvalue weighted by Gasteiger charge is -2.32. The Morgan fingerprint density at radius 2 is 2.09 bits per heavy atom. The number of H-pyrrole nitrogens is 1. The number of aromatic amines is 1. The van der Waals surface area contributed by atoms with Gasteiger partial charge in [-0.15, -0.1) is 0 Å². The summed E-state index contributed by atoms with van der Waals surface area (Å²) in [6.45, 7) is 0.252. The van der Waals surface area contributed by atoms with Gasteiger partial charge >= 0.3 is 0 Å². The Bertz CT molecular complexity index is 749. The maximum atomic E-state index is 13.7. The minimum absolute atomic E-state index is 0.0368. The third-order valence-corrected chi connectivity index (χ3v) is 4.63. The third-order valence-electron chi connectivity index (χ3n) is 3.89. The summed E-state index contributed by atoms with van der Waals surface area (Å²) >= 11 is 12.1. The zero-order valence-electron chi connectivity index (χ0n) is 11.4. The second-order valence-electron chi connectivity index (χ2n) is 5.32. The topological polar surface area (TPSA) is 62.1 Å². The molecular formula is C14H13Cl2F2N3O. The van der Waals surface area contributed by atoms with Gasteiger partial charge in [0.15, 0.2) is 0 Å². The number of nitrogens with two attached hydrogens (primary N) is 1. The number of likely N-dealkylation sites (tertiary alicyclic amines) is 1. The minimum Gasteiger partial charge on any atom is -0.349 e. The number of nitrogens with one attached hydrogen (secondary N) is 1. The summed E-state index contributed by atoms with van der Waals surface area (Å²) < 4.78 is 27.2. The van der Waals surface area contributed by atoms with E-state index in [4.69, 9.17) is 28.9 Å². The van der Waals surface area contributed by atoms with Gasteiger partial charge in [-0.25, -0.2) is 8.78 Å². The summed E-state index contributed by atoms with van der Waals surface area (Å²) in [5, 5.41) is 0.133. The molecule has 2 aromatic rings. The maximum absolute atomic E-state index is 13.7.